The van der Waals surface area contributed by atoms with E-state index in [-0.39, 0.29) is 11.7 Å². The number of furan rings is 1. The van der Waals surface area contributed by atoms with Crippen molar-refractivity contribution in [1.82, 2.24) is 20.2 Å². The summed E-state index contributed by atoms with van der Waals surface area (Å²) in [6.07, 6.45) is 3.50. The fraction of sp³-hybridized carbons (Fsp3) is 0.278. The fourth-order valence-electron chi connectivity index (χ4n) is 2.58. The molecule has 2 N–H and O–H groups in total. The lowest BCUT2D eigenvalue weighted by Gasteiger charge is -2.15. The third-order valence-corrected chi connectivity index (χ3v) is 5.52. The van der Waals surface area contributed by atoms with Crippen LogP contribution < -0.4 is 10.6 Å². The minimum Gasteiger partial charge on any atom is -0.459 e. The summed E-state index contributed by atoms with van der Waals surface area (Å²) in [5.74, 6) is -0.548. The second-order valence-corrected chi connectivity index (χ2v) is 8.25. The first kappa shape index (κ1) is 19.5. The zero-order chi connectivity index (χ0) is 20.4. The Morgan fingerprint density at radius 2 is 2.10 bits per heavy atom. The minimum atomic E-state index is -0.456. The number of carbonyl (C=O) groups excluding carboxylic acids is 2. The van der Waals surface area contributed by atoms with Crippen molar-refractivity contribution >= 4 is 46.6 Å². The maximum Gasteiger partial charge on any atom is 0.291 e. The summed E-state index contributed by atoms with van der Waals surface area (Å²) in [4.78, 5) is 25.0. The molecule has 150 valence electrons. The second-order valence-electron chi connectivity index (χ2n) is 6.51. The number of carbonyl (C=O) groups is 2. The van der Waals surface area contributed by atoms with Crippen molar-refractivity contribution in [2.24, 2.45) is 0 Å². The molecule has 2 heterocycles. The van der Waals surface area contributed by atoms with Crippen molar-refractivity contribution in [3.05, 3.63) is 47.4 Å². The zero-order valence-electron chi connectivity index (χ0n) is 15.3. The molecule has 29 heavy (non-hydrogen) atoms. The molecule has 0 radical (unpaired) electrons. The highest BCUT2D eigenvalue weighted by atomic mass is 35.5. The Labute approximate surface area is 175 Å². The molecule has 0 aliphatic heterocycles. The van der Waals surface area contributed by atoms with Crippen LogP contribution >= 0.6 is 23.4 Å². The molecular formula is C18H17ClN6O3S. The van der Waals surface area contributed by atoms with Crippen LogP contribution in [0.4, 0.5) is 11.4 Å². The molecule has 1 unspecified atom stereocenters. The predicted octanol–water partition coefficient (Wildman–Crippen LogP) is 3.63. The van der Waals surface area contributed by atoms with Gasteiger partial charge >= 0.3 is 0 Å². The summed E-state index contributed by atoms with van der Waals surface area (Å²) >= 11 is 7.34. The topological polar surface area (TPSA) is 115 Å². The van der Waals surface area contributed by atoms with Gasteiger partial charge in [0.25, 0.3) is 5.91 Å². The smallest absolute Gasteiger partial charge is 0.291 e. The first-order valence-corrected chi connectivity index (χ1v) is 10.2. The average Bonchev–Trinajstić information content (AvgIpc) is 3.18. The van der Waals surface area contributed by atoms with Gasteiger partial charge in [0.2, 0.25) is 11.1 Å². The van der Waals surface area contributed by atoms with Gasteiger partial charge in [-0.15, -0.1) is 5.10 Å². The van der Waals surface area contributed by atoms with Gasteiger partial charge in [-0.1, -0.05) is 23.4 Å². The summed E-state index contributed by atoms with van der Waals surface area (Å²) in [7, 11) is 0. The van der Waals surface area contributed by atoms with Gasteiger partial charge < -0.3 is 15.1 Å². The van der Waals surface area contributed by atoms with E-state index in [9.17, 15) is 9.59 Å². The molecule has 1 aliphatic carbocycles. The van der Waals surface area contributed by atoms with Crippen LogP contribution in [-0.2, 0) is 4.79 Å². The fourth-order valence-corrected chi connectivity index (χ4v) is 3.61. The summed E-state index contributed by atoms with van der Waals surface area (Å²) in [5, 5.41) is 17.8. The van der Waals surface area contributed by atoms with Gasteiger partial charge in [-0.05, 0) is 60.5 Å². The number of tetrazole rings is 1. The zero-order valence-corrected chi connectivity index (χ0v) is 16.9. The van der Waals surface area contributed by atoms with Crippen LogP contribution in [0.5, 0.6) is 0 Å². The van der Waals surface area contributed by atoms with E-state index in [1.54, 1.807) is 41.9 Å². The number of amides is 2. The van der Waals surface area contributed by atoms with Gasteiger partial charge in [-0.3, -0.25) is 9.59 Å². The predicted molar refractivity (Wildman–Crippen MR) is 108 cm³/mol. The van der Waals surface area contributed by atoms with Crippen LogP contribution in [-0.4, -0.2) is 37.3 Å². The third-order valence-electron chi connectivity index (χ3n) is 4.24. The largest absolute Gasteiger partial charge is 0.459 e. The summed E-state index contributed by atoms with van der Waals surface area (Å²) in [5.41, 5.74) is 0.792. The van der Waals surface area contributed by atoms with Crippen molar-refractivity contribution < 1.29 is 14.0 Å². The van der Waals surface area contributed by atoms with Gasteiger partial charge in [0, 0.05) is 5.02 Å². The molecular weight excluding hydrogens is 416 g/mol. The number of thioether (sulfide) groups is 1. The Morgan fingerprint density at radius 1 is 1.28 bits per heavy atom. The molecule has 1 atom stereocenters. The van der Waals surface area contributed by atoms with Crippen LogP contribution in [0.1, 0.15) is 36.4 Å². The number of aromatic nitrogens is 4. The summed E-state index contributed by atoms with van der Waals surface area (Å²) in [6, 6.07) is 8.30. The van der Waals surface area contributed by atoms with E-state index in [1.165, 1.54) is 18.0 Å². The van der Waals surface area contributed by atoms with E-state index in [4.69, 9.17) is 16.0 Å². The SMILES string of the molecule is CC(Sc1nnnn1C1CC1)C(=O)Nc1ccc(Cl)cc1NC(=O)c1ccco1. The Hall–Kier alpha value is -2.85. The lowest BCUT2D eigenvalue weighted by molar-refractivity contribution is -0.115. The molecule has 1 aliphatic rings. The number of hydrogen-bond acceptors (Lipinski definition) is 7. The molecule has 3 aromatic rings. The van der Waals surface area contributed by atoms with Crippen molar-refractivity contribution in [1.29, 1.82) is 0 Å². The summed E-state index contributed by atoms with van der Waals surface area (Å²) in [6.45, 7) is 1.77. The van der Waals surface area contributed by atoms with Gasteiger partial charge in [0.05, 0.1) is 28.9 Å². The summed E-state index contributed by atoms with van der Waals surface area (Å²) < 4.78 is 6.85. The third kappa shape index (κ3) is 4.60. The number of hydrogen-bond donors (Lipinski definition) is 2. The molecule has 2 amide bonds. The minimum absolute atomic E-state index is 0.151. The van der Waals surface area contributed by atoms with E-state index in [2.05, 4.69) is 26.2 Å². The van der Waals surface area contributed by atoms with Crippen molar-refractivity contribution in [3.63, 3.8) is 0 Å². The molecule has 0 spiro atoms. The normalized spacial score (nSPS) is 14.4. The van der Waals surface area contributed by atoms with E-state index in [1.807, 2.05) is 0 Å². The number of benzene rings is 1. The maximum absolute atomic E-state index is 12.7. The van der Waals surface area contributed by atoms with Crippen LogP contribution in [0.25, 0.3) is 0 Å². The molecule has 11 heteroatoms. The van der Waals surface area contributed by atoms with Crippen molar-refractivity contribution in [2.45, 2.75) is 36.2 Å². The highest BCUT2D eigenvalue weighted by Crippen LogP contribution is 2.37. The number of nitrogens with zero attached hydrogens (tertiary/aromatic N) is 4. The molecule has 0 saturated heterocycles. The van der Waals surface area contributed by atoms with E-state index >= 15 is 0 Å². The quantitative estimate of drug-likeness (QED) is 0.548. The van der Waals surface area contributed by atoms with Crippen molar-refractivity contribution in [2.75, 3.05) is 10.6 Å². The standard InChI is InChI=1S/C18H17ClN6O3S/c1-10(29-18-22-23-24-25(18)12-5-6-12)16(26)20-13-7-4-11(19)9-14(13)21-17(27)15-3-2-8-28-15/h2-4,7-10,12H,5-6H2,1H3,(H,20,26)(H,21,27). The molecule has 9 nitrogen and oxygen atoms in total. The van der Waals surface area contributed by atoms with Crippen molar-refractivity contribution in [3.8, 4) is 0 Å². The van der Waals surface area contributed by atoms with E-state index in [0.717, 1.165) is 12.8 Å². The van der Waals surface area contributed by atoms with Crippen LogP contribution in [0.3, 0.4) is 0 Å². The first-order chi connectivity index (χ1) is 14.0. The maximum atomic E-state index is 12.7. The molecule has 1 aromatic carbocycles. The molecule has 1 saturated carbocycles. The first-order valence-electron chi connectivity index (χ1n) is 8.91. The van der Waals surface area contributed by atoms with Gasteiger partial charge in [-0.25, -0.2) is 4.68 Å². The van der Waals surface area contributed by atoms with Gasteiger partial charge in [-0.2, -0.15) is 0 Å². The van der Waals surface area contributed by atoms with E-state index in [0.29, 0.717) is 27.6 Å². The lowest BCUT2D eigenvalue weighted by atomic mass is 10.2. The number of halogens is 1. The number of anilines is 2. The molecule has 1 fully saturated rings. The Kier molecular flexibility index (Phi) is 5.54. The van der Waals surface area contributed by atoms with Gasteiger partial charge in [0.15, 0.2) is 5.76 Å². The lowest BCUT2D eigenvalue weighted by Crippen LogP contribution is -2.24. The molecule has 0 bridgehead atoms. The highest BCUT2D eigenvalue weighted by molar-refractivity contribution is 8.00. The van der Waals surface area contributed by atoms with Gasteiger partial charge in [0.1, 0.15) is 0 Å². The van der Waals surface area contributed by atoms with Crippen LogP contribution in [0.2, 0.25) is 5.02 Å². The number of rotatable bonds is 7. The molecule has 4 rings (SSSR count). The second kappa shape index (κ2) is 8.26. The van der Waals surface area contributed by atoms with Crippen LogP contribution in [0, 0.1) is 0 Å². The Morgan fingerprint density at radius 3 is 2.83 bits per heavy atom. The Balaban J connectivity index is 1.45. The van der Waals surface area contributed by atoms with Crippen LogP contribution in [0.15, 0.2) is 46.2 Å². The molecule has 2 aromatic heterocycles. The highest BCUT2D eigenvalue weighted by Gasteiger charge is 2.29. The average molecular weight is 433 g/mol. The van der Waals surface area contributed by atoms with E-state index < -0.39 is 11.2 Å². The number of nitrogens with one attached hydrogen (secondary N) is 2. The monoisotopic (exact) mass is 432 g/mol. The Bertz CT molecular complexity index is 1030.